The van der Waals surface area contributed by atoms with E-state index >= 15 is 0 Å². The van der Waals surface area contributed by atoms with Crippen LogP contribution in [0.5, 0.6) is 0 Å². The summed E-state index contributed by atoms with van der Waals surface area (Å²) in [6.45, 7) is 2.79. The second kappa shape index (κ2) is 11.8. The highest BCUT2D eigenvalue weighted by Gasteiger charge is 2.27. The van der Waals surface area contributed by atoms with Gasteiger partial charge in [-0.2, -0.15) is 0 Å². The summed E-state index contributed by atoms with van der Waals surface area (Å²) in [7, 11) is 0. The first-order chi connectivity index (χ1) is 17.7. The SMILES string of the molecule is O=C(Nc1ccccc1)OCCc1ccc(C2CCNCC2OCc2ccc3ccccc3c2)cc1. The van der Waals surface area contributed by atoms with Gasteiger partial charge in [0.2, 0.25) is 0 Å². The average molecular weight is 481 g/mol. The minimum absolute atomic E-state index is 0.126. The zero-order valence-corrected chi connectivity index (χ0v) is 20.4. The van der Waals surface area contributed by atoms with Gasteiger partial charge in [-0.3, -0.25) is 5.32 Å². The van der Waals surface area contributed by atoms with E-state index in [0.29, 0.717) is 25.6 Å². The fourth-order valence-electron chi connectivity index (χ4n) is 4.79. The maximum Gasteiger partial charge on any atom is 0.411 e. The molecular formula is C31H32N2O3. The molecule has 0 aliphatic carbocycles. The second-order valence-electron chi connectivity index (χ2n) is 9.25. The number of anilines is 1. The third kappa shape index (κ3) is 6.30. The number of hydrogen-bond donors (Lipinski definition) is 2. The molecule has 5 nitrogen and oxygen atoms in total. The number of para-hydroxylation sites is 1. The lowest BCUT2D eigenvalue weighted by atomic mass is 9.87. The molecule has 0 spiro atoms. The number of amides is 1. The number of hydrogen-bond acceptors (Lipinski definition) is 4. The molecule has 0 radical (unpaired) electrons. The molecule has 1 aliphatic rings. The largest absolute Gasteiger partial charge is 0.449 e. The molecule has 2 unspecified atom stereocenters. The first-order valence-corrected chi connectivity index (χ1v) is 12.6. The average Bonchev–Trinajstić information content (AvgIpc) is 2.93. The van der Waals surface area contributed by atoms with E-state index in [-0.39, 0.29) is 6.10 Å². The maximum atomic E-state index is 12.0. The lowest BCUT2D eigenvalue weighted by Gasteiger charge is -2.32. The maximum absolute atomic E-state index is 12.0. The molecule has 5 rings (SSSR count). The van der Waals surface area contributed by atoms with Gasteiger partial charge in [-0.15, -0.1) is 0 Å². The van der Waals surface area contributed by atoms with Gasteiger partial charge in [-0.25, -0.2) is 4.79 Å². The molecule has 0 aromatic heterocycles. The van der Waals surface area contributed by atoms with Crippen LogP contribution in [0.1, 0.15) is 29.0 Å². The Morgan fingerprint density at radius 1 is 0.861 bits per heavy atom. The summed E-state index contributed by atoms with van der Waals surface area (Å²) >= 11 is 0. The van der Waals surface area contributed by atoms with E-state index < -0.39 is 6.09 Å². The van der Waals surface area contributed by atoms with Crippen LogP contribution in [-0.4, -0.2) is 31.9 Å². The van der Waals surface area contributed by atoms with Crippen LogP contribution in [0.2, 0.25) is 0 Å². The van der Waals surface area contributed by atoms with Crippen LogP contribution < -0.4 is 10.6 Å². The normalized spacial score (nSPS) is 17.6. The summed E-state index contributed by atoms with van der Waals surface area (Å²) in [5.74, 6) is 0.355. The minimum Gasteiger partial charge on any atom is -0.449 e. The van der Waals surface area contributed by atoms with Gasteiger partial charge in [-0.05, 0) is 58.6 Å². The van der Waals surface area contributed by atoms with Crippen LogP contribution in [-0.2, 0) is 22.5 Å². The highest BCUT2D eigenvalue weighted by molar-refractivity contribution is 5.84. The molecule has 1 fully saturated rings. The van der Waals surface area contributed by atoms with Crippen molar-refractivity contribution in [3.63, 3.8) is 0 Å². The van der Waals surface area contributed by atoms with Gasteiger partial charge in [0, 0.05) is 24.6 Å². The molecular weight excluding hydrogens is 448 g/mol. The highest BCUT2D eigenvalue weighted by atomic mass is 16.5. The molecule has 1 saturated heterocycles. The molecule has 5 heteroatoms. The molecule has 4 aromatic carbocycles. The topological polar surface area (TPSA) is 59.6 Å². The van der Waals surface area contributed by atoms with Crippen LogP contribution in [0.3, 0.4) is 0 Å². The van der Waals surface area contributed by atoms with Gasteiger partial charge in [-0.1, -0.05) is 78.9 Å². The number of carbonyl (C=O) groups excluding carboxylic acids is 1. The number of rotatable bonds is 8. The van der Waals surface area contributed by atoms with Gasteiger partial charge in [0.15, 0.2) is 0 Å². The van der Waals surface area contributed by atoms with Crippen molar-refractivity contribution in [3.8, 4) is 0 Å². The molecule has 2 atom stereocenters. The summed E-state index contributed by atoms with van der Waals surface area (Å²) < 4.78 is 11.8. The van der Waals surface area contributed by atoms with Crippen LogP contribution >= 0.6 is 0 Å². The number of fused-ring (bicyclic) bond motifs is 1. The van der Waals surface area contributed by atoms with E-state index in [1.165, 1.54) is 21.9 Å². The predicted molar refractivity (Wildman–Crippen MR) is 144 cm³/mol. The van der Waals surface area contributed by atoms with Crippen molar-refractivity contribution in [2.75, 3.05) is 25.0 Å². The molecule has 36 heavy (non-hydrogen) atoms. The Balaban J connectivity index is 1.13. The predicted octanol–water partition coefficient (Wildman–Crippen LogP) is 6.29. The summed E-state index contributed by atoms with van der Waals surface area (Å²) in [5, 5.41) is 8.72. The fraction of sp³-hybridized carbons (Fsp3) is 0.258. The van der Waals surface area contributed by atoms with Crippen molar-refractivity contribution in [3.05, 3.63) is 114 Å². The van der Waals surface area contributed by atoms with E-state index in [4.69, 9.17) is 9.47 Å². The standard InChI is InChI=1S/C31H32N2O3/c34-31(33-28-8-2-1-3-9-28)35-19-17-23-10-14-26(15-11-23)29-16-18-32-21-30(29)36-22-24-12-13-25-6-4-5-7-27(25)20-24/h1-15,20,29-30,32H,16-19,21-22H2,(H,33,34). The Kier molecular flexibility index (Phi) is 7.91. The van der Waals surface area contributed by atoms with Crippen molar-refractivity contribution in [2.45, 2.75) is 31.5 Å². The first-order valence-electron chi connectivity index (χ1n) is 12.6. The third-order valence-corrected chi connectivity index (χ3v) is 6.76. The molecule has 0 bridgehead atoms. The fourth-order valence-corrected chi connectivity index (χ4v) is 4.79. The number of ether oxygens (including phenoxy) is 2. The lowest BCUT2D eigenvalue weighted by Crippen LogP contribution is -2.40. The Hall–Kier alpha value is -3.67. The lowest BCUT2D eigenvalue weighted by molar-refractivity contribution is 0.0106. The van der Waals surface area contributed by atoms with E-state index in [2.05, 4.69) is 77.4 Å². The minimum atomic E-state index is -0.432. The van der Waals surface area contributed by atoms with Crippen LogP contribution in [0, 0.1) is 0 Å². The first kappa shape index (κ1) is 24.0. The molecule has 1 amide bonds. The second-order valence-corrected chi connectivity index (χ2v) is 9.25. The summed E-state index contributed by atoms with van der Waals surface area (Å²) in [6.07, 6.45) is 1.42. The van der Waals surface area contributed by atoms with Crippen molar-refractivity contribution in [1.29, 1.82) is 0 Å². The van der Waals surface area contributed by atoms with Crippen LogP contribution in [0.4, 0.5) is 10.5 Å². The van der Waals surface area contributed by atoms with Gasteiger partial charge in [0.25, 0.3) is 0 Å². The van der Waals surface area contributed by atoms with Crippen molar-refractivity contribution in [1.82, 2.24) is 5.32 Å². The zero-order valence-electron chi connectivity index (χ0n) is 20.4. The van der Waals surface area contributed by atoms with Gasteiger partial charge >= 0.3 is 6.09 Å². The molecule has 1 heterocycles. The van der Waals surface area contributed by atoms with Crippen LogP contribution in [0.15, 0.2) is 97.1 Å². The van der Waals surface area contributed by atoms with Gasteiger partial charge < -0.3 is 14.8 Å². The van der Waals surface area contributed by atoms with Crippen LogP contribution in [0.25, 0.3) is 10.8 Å². The number of nitrogens with one attached hydrogen (secondary N) is 2. The van der Waals surface area contributed by atoms with E-state index in [1.807, 2.05) is 30.3 Å². The Morgan fingerprint density at radius 2 is 1.61 bits per heavy atom. The molecule has 4 aromatic rings. The van der Waals surface area contributed by atoms with Gasteiger partial charge in [0.1, 0.15) is 0 Å². The number of carbonyl (C=O) groups is 1. The molecule has 0 saturated carbocycles. The Morgan fingerprint density at radius 3 is 2.44 bits per heavy atom. The number of benzene rings is 4. The molecule has 1 aliphatic heterocycles. The summed E-state index contributed by atoms with van der Waals surface area (Å²) in [4.78, 5) is 12.0. The number of piperidine rings is 1. The smallest absolute Gasteiger partial charge is 0.411 e. The van der Waals surface area contributed by atoms with Crippen molar-refractivity contribution >= 4 is 22.6 Å². The van der Waals surface area contributed by atoms with Gasteiger partial charge in [0.05, 0.1) is 19.3 Å². The summed E-state index contributed by atoms with van der Waals surface area (Å²) in [5.41, 5.74) is 4.37. The monoisotopic (exact) mass is 480 g/mol. The Bertz CT molecular complexity index is 1270. The zero-order chi connectivity index (χ0) is 24.6. The van der Waals surface area contributed by atoms with Crippen molar-refractivity contribution in [2.24, 2.45) is 0 Å². The van der Waals surface area contributed by atoms with Crippen molar-refractivity contribution < 1.29 is 14.3 Å². The summed E-state index contributed by atoms with van der Waals surface area (Å²) in [6, 6.07) is 32.9. The van der Waals surface area contributed by atoms with E-state index in [1.54, 1.807) is 0 Å². The molecule has 184 valence electrons. The highest BCUT2D eigenvalue weighted by Crippen LogP contribution is 2.29. The third-order valence-electron chi connectivity index (χ3n) is 6.76. The quantitative estimate of drug-likeness (QED) is 0.311. The van der Waals surface area contributed by atoms with E-state index in [9.17, 15) is 4.79 Å². The van der Waals surface area contributed by atoms with E-state index in [0.717, 1.165) is 30.8 Å². The molecule has 2 N–H and O–H groups in total. The Labute approximate surface area is 212 Å².